The summed E-state index contributed by atoms with van der Waals surface area (Å²) in [6.45, 7) is 11.5. The van der Waals surface area contributed by atoms with Crippen LogP contribution in [-0.2, 0) is 9.47 Å². The maximum atomic E-state index is 15.3. The van der Waals surface area contributed by atoms with E-state index in [-0.39, 0.29) is 29.5 Å². The molecule has 2 atom stereocenters. The van der Waals surface area contributed by atoms with Crippen molar-refractivity contribution < 1.29 is 28.2 Å². The maximum Gasteiger partial charge on any atom is 0.432 e. The number of ether oxygens (including phenoxy) is 2. The van der Waals surface area contributed by atoms with E-state index in [2.05, 4.69) is 10.6 Å². The molecule has 0 aromatic heterocycles. The summed E-state index contributed by atoms with van der Waals surface area (Å²) in [5.41, 5.74) is -0.673. The van der Waals surface area contributed by atoms with Gasteiger partial charge in [-0.3, -0.25) is 4.79 Å². The predicted molar refractivity (Wildman–Crippen MR) is 132 cm³/mol. The van der Waals surface area contributed by atoms with Crippen molar-refractivity contribution in [3.8, 4) is 0 Å². The highest BCUT2D eigenvalue weighted by Gasteiger charge is 2.57. The molecule has 2 unspecified atom stereocenters. The number of carbonyl (C=O) groups is 3. The van der Waals surface area contributed by atoms with Crippen molar-refractivity contribution in [2.75, 3.05) is 23.3 Å². The summed E-state index contributed by atoms with van der Waals surface area (Å²) < 4.78 is 25.8. The Labute approximate surface area is 210 Å². The molecule has 1 aliphatic heterocycles. The van der Waals surface area contributed by atoms with Gasteiger partial charge in [0.05, 0.1) is 11.3 Å². The van der Waals surface area contributed by atoms with Crippen molar-refractivity contribution in [2.45, 2.75) is 77.7 Å². The minimum absolute atomic E-state index is 0.00342. The van der Waals surface area contributed by atoms with E-state index in [4.69, 9.17) is 15.3 Å². The van der Waals surface area contributed by atoms with Crippen LogP contribution in [0.1, 0.15) is 64.7 Å². The molecule has 11 heteroatoms. The van der Waals surface area contributed by atoms with Gasteiger partial charge in [0.1, 0.15) is 17.0 Å². The first kappa shape index (κ1) is 26.0. The van der Waals surface area contributed by atoms with Crippen LogP contribution in [0.4, 0.5) is 25.4 Å². The fourth-order valence-corrected chi connectivity index (χ4v) is 4.45. The topological polar surface area (TPSA) is 126 Å². The van der Waals surface area contributed by atoms with Gasteiger partial charge in [0, 0.05) is 42.7 Å². The molecule has 0 bridgehead atoms. The third kappa shape index (κ3) is 6.00. The van der Waals surface area contributed by atoms with E-state index >= 15 is 4.39 Å². The van der Waals surface area contributed by atoms with Crippen molar-refractivity contribution >= 4 is 29.5 Å². The SMILES string of the molecule is CC(C)(C)OC(=O)NC1C2CN(c3cc(NC4CC4)c(C(=O)N(N)C(=O)OC(C)(C)C)cc3F)CC21. The molecule has 2 aliphatic carbocycles. The number of amides is 3. The number of hydrogen-bond acceptors (Lipinski definition) is 8. The predicted octanol–water partition coefficient (Wildman–Crippen LogP) is 3.61. The molecule has 3 amide bonds. The van der Waals surface area contributed by atoms with E-state index < -0.39 is 35.1 Å². The van der Waals surface area contributed by atoms with Crippen molar-refractivity contribution in [1.29, 1.82) is 0 Å². The second-order valence-corrected chi connectivity index (χ2v) is 11.8. The van der Waals surface area contributed by atoms with Gasteiger partial charge in [-0.25, -0.2) is 19.8 Å². The van der Waals surface area contributed by atoms with E-state index in [1.807, 2.05) is 25.7 Å². The van der Waals surface area contributed by atoms with Gasteiger partial charge in [-0.1, -0.05) is 0 Å². The van der Waals surface area contributed by atoms with Gasteiger partial charge in [0.2, 0.25) is 0 Å². The third-order valence-corrected chi connectivity index (χ3v) is 6.28. The zero-order chi connectivity index (χ0) is 26.6. The molecule has 4 N–H and O–H groups in total. The molecule has 3 fully saturated rings. The Bertz CT molecular complexity index is 1050. The quantitative estimate of drug-likeness (QED) is 0.315. The maximum absolute atomic E-state index is 15.3. The van der Waals surface area contributed by atoms with Crippen molar-refractivity contribution in [3.05, 3.63) is 23.5 Å². The monoisotopic (exact) mass is 505 g/mol. The molecule has 198 valence electrons. The molecule has 2 saturated carbocycles. The smallest absolute Gasteiger partial charge is 0.432 e. The molecular weight excluding hydrogens is 469 g/mol. The highest BCUT2D eigenvalue weighted by atomic mass is 19.1. The van der Waals surface area contributed by atoms with Crippen LogP contribution in [0.25, 0.3) is 0 Å². The Balaban J connectivity index is 1.46. The summed E-state index contributed by atoms with van der Waals surface area (Å²) >= 11 is 0. The van der Waals surface area contributed by atoms with Gasteiger partial charge in [0.15, 0.2) is 0 Å². The molecule has 10 nitrogen and oxygen atoms in total. The standard InChI is InChI=1S/C25H36FN5O5/c1-24(2,3)35-22(33)29-20-15-11-30(12-16(15)20)19-10-18(28-13-7-8-13)14(9-17(19)26)21(32)31(27)23(34)36-25(4,5)6/h9-10,13,15-16,20,28H,7-8,11-12,27H2,1-6H3,(H,29,33). The minimum atomic E-state index is -1.02. The summed E-state index contributed by atoms with van der Waals surface area (Å²) in [6.07, 6.45) is 0.405. The summed E-state index contributed by atoms with van der Waals surface area (Å²) in [4.78, 5) is 39.3. The molecule has 1 heterocycles. The molecule has 0 spiro atoms. The number of rotatable bonds is 5. The van der Waals surface area contributed by atoms with Crippen LogP contribution in [-0.4, -0.2) is 59.5 Å². The number of fused-ring (bicyclic) bond motifs is 1. The second-order valence-electron chi connectivity index (χ2n) is 11.8. The Kier molecular flexibility index (Phi) is 6.57. The number of piperidine rings is 1. The number of hydrazine groups is 1. The van der Waals surface area contributed by atoms with Crippen molar-refractivity contribution in [3.63, 3.8) is 0 Å². The van der Waals surface area contributed by atoms with Crippen molar-refractivity contribution in [1.82, 2.24) is 10.3 Å². The number of halogens is 1. The van der Waals surface area contributed by atoms with E-state index in [0.717, 1.165) is 18.9 Å². The number of hydrogen-bond donors (Lipinski definition) is 3. The van der Waals surface area contributed by atoms with Crippen LogP contribution in [0.2, 0.25) is 0 Å². The van der Waals surface area contributed by atoms with E-state index in [1.54, 1.807) is 26.8 Å². The first-order valence-corrected chi connectivity index (χ1v) is 12.3. The van der Waals surface area contributed by atoms with Crippen LogP contribution < -0.4 is 21.4 Å². The number of nitrogens with two attached hydrogens (primary N) is 1. The average Bonchev–Trinajstić information content (AvgIpc) is 3.62. The summed E-state index contributed by atoms with van der Waals surface area (Å²) in [5.74, 6) is 4.70. The number of benzene rings is 1. The zero-order valence-corrected chi connectivity index (χ0v) is 21.7. The molecular formula is C25H36FN5O5. The molecule has 3 aliphatic rings. The number of nitrogens with one attached hydrogen (secondary N) is 2. The molecule has 4 rings (SSSR count). The highest BCUT2D eigenvalue weighted by Crippen LogP contribution is 2.48. The Morgan fingerprint density at radius 1 is 1.03 bits per heavy atom. The second kappa shape index (κ2) is 9.10. The lowest BCUT2D eigenvalue weighted by Crippen LogP contribution is -2.45. The molecule has 36 heavy (non-hydrogen) atoms. The number of nitrogens with zero attached hydrogens (tertiary/aromatic N) is 2. The number of alkyl carbamates (subject to hydrolysis) is 1. The van der Waals surface area contributed by atoms with Crippen LogP contribution >= 0.6 is 0 Å². The molecule has 1 saturated heterocycles. The van der Waals surface area contributed by atoms with Gasteiger partial charge in [-0.15, -0.1) is 0 Å². The minimum Gasteiger partial charge on any atom is -0.444 e. The summed E-state index contributed by atoms with van der Waals surface area (Å²) in [7, 11) is 0. The lowest BCUT2D eigenvalue weighted by atomic mass is 10.1. The van der Waals surface area contributed by atoms with Gasteiger partial charge >= 0.3 is 12.2 Å². The Morgan fingerprint density at radius 2 is 1.61 bits per heavy atom. The van der Waals surface area contributed by atoms with Gasteiger partial charge in [0.25, 0.3) is 5.91 Å². The van der Waals surface area contributed by atoms with E-state index in [1.165, 1.54) is 0 Å². The first-order valence-electron chi connectivity index (χ1n) is 12.3. The largest absolute Gasteiger partial charge is 0.444 e. The van der Waals surface area contributed by atoms with Crippen LogP contribution in [0.5, 0.6) is 0 Å². The highest BCUT2D eigenvalue weighted by molar-refractivity contribution is 6.06. The van der Waals surface area contributed by atoms with Gasteiger partial charge < -0.3 is 25.0 Å². The van der Waals surface area contributed by atoms with Crippen LogP contribution in [0.3, 0.4) is 0 Å². The number of anilines is 2. The van der Waals surface area contributed by atoms with E-state index in [9.17, 15) is 14.4 Å². The summed E-state index contributed by atoms with van der Waals surface area (Å²) in [5, 5.41) is 6.53. The normalized spacial score (nSPS) is 23.0. The fourth-order valence-electron chi connectivity index (χ4n) is 4.45. The van der Waals surface area contributed by atoms with Crippen LogP contribution in [0.15, 0.2) is 12.1 Å². The fraction of sp³-hybridized carbons (Fsp3) is 0.640. The first-order chi connectivity index (χ1) is 16.6. The van der Waals surface area contributed by atoms with Crippen LogP contribution in [0, 0.1) is 17.7 Å². The van der Waals surface area contributed by atoms with Gasteiger partial charge in [-0.2, -0.15) is 5.01 Å². The van der Waals surface area contributed by atoms with E-state index in [0.29, 0.717) is 29.5 Å². The average molecular weight is 506 g/mol. The molecule has 0 radical (unpaired) electrons. The van der Waals surface area contributed by atoms with Crippen molar-refractivity contribution in [2.24, 2.45) is 17.7 Å². The lowest BCUT2D eigenvalue weighted by molar-refractivity contribution is 0.0239. The molecule has 1 aromatic carbocycles. The summed E-state index contributed by atoms with van der Waals surface area (Å²) in [6, 6.07) is 2.90. The lowest BCUT2D eigenvalue weighted by Gasteiger charge is -2.26. The van der Waals surface area contributed by atoms with Gasteiger partial charge in [-0.05, 0) is 66.5 Å². The zero-order valence-electron chi connectivity index (χ0n) is 21.7. The third-order valence-electron chi connectivity index (χ3n) is 6.28. The number of carbonyl (C=O) groups excluding carboxylic acids is 3. The number of imide groups is 1. The Morgan fingerprint density at radius 3 is 2.14 bits per heavy atom. The Hall–Kier alpha value is -3.08. The molecule has 1 aromatic rings.